The lowest BCUT2D eigenvalue weighted by atomic mass is 10.2. The Balaban J connectivity index is 0.00000147. The van der Waals surface area contributed by atoms with Crippen molar-refractivity contribution in [2.45, 2.75) is 6.54 Å². The van der Waals surface area contributed by atoms with E-state index in [0.29, 0.717) is 17.1 Å². The van der Waals surface area contributed by atoms with Crippen LogP contribution in [0.15, 0.2) is 42.7 Å². The number of hydrogen-bond donors (Lipinski definition) is 0. The molecule has 0 saturated heterocycles. The summed E-state index contributed by atoms with van der Waals surface area (Å²) >= 11 is 11.7. The summed E-state index contributed by atoms with van der Waals surface area (Å²) in [5, 5.41) is 0.801. The maximum absolute atomic E-state index is 13.3. The fraction of sp³-hybridized carbons (Fsp3) is 0.0714. The smallest absolute Gasteiger partial charge is 0.144 e. The van der Waals surface area contributed by atoms with Crippen LogP contribution in [0.5, 0.6) is 0 Å². The van der Waals surface area contributed by atoms with Gasteiger partial charge in [-0.15, -0.1) is 12.4 Å². The number of nitrogens with zero attached hydrogens (tertiary/aromatic N) is 2. The average Bonchev–Trinajstić information content (AvgIpc) is 2.76. The van der Waals surface area contributed by atoms with Crippen LogP contribution in [-0.2, 0) is 6.54 Å². The second-order valence-corrected chi connectivity index (χ2v) is 5.10. The SMILES string of the molecule is Cl.Fc1cc2ncn(Cc3ccc(Cl)cc3)c2cc1Cl. The van der Waals surface area contributed by atoms with Gasteiger partial charge in [0.1, 0.15) is 5.82 Å². The number of aromatic nitrogens is 2. The van der Waals surface area contributed by atoms with Gasteiger partial charge < -0.3 is 4.57 Å². The van der Waals surface area contributed by atoms with E-state index >= 15 is 0 Å². The molecule has 3 aromatic rings. The Morgan fingerprint density at radius 3 is 2.50 bits per heavy atom. The summed E-state index contributed by atoms with van der Waals surface area (Å²) < 4.78 is 15.3. The molecule has 1 heterocycles. The highest BCUT2D eigenvalue weighted by molar-refractivity contribution is 6.31. The predicted octanol–water partition coefficient (Wildman–Crippen LogP) is 4.95. The standard InChI is InChI=1S/C14H9Cl2FN2.ClH/c15-10-3-1-9(2-4-10)7-19-8-18-13-6-12(17)11(16)5-14(13)19;/h1-6,8H,7H2;1H. The molecule has 0 saturated carbocycles. The molecule has 0 radical (unpaired) electrons. The van der Waals surface area contributed by atoms with Gasteiger partial charge in [-0.3, -0.25) is 0 Å². The molecule has 0 spiro atoms. The summed E-state index contributed by atoms with van der Waals surface area (Å²) in [7, 11) is 0. The van der Waals surface area contributed by atoms with Crippen LogP contribution in [0.3, 0.4) is 0 Å². The summed E-state index contributed by atoms with van der Waals surface area (Å²) in [5.74, 6) is -0.453. The van der Waals surface area contributed by atoms with Crippen molar-refractivity contribution in [2.75, 3.05) is 0 Å². The van der Waals surface area contributed by atoms with Crippen LogP contribution in [0.4, 0.5) is 4.39 Å². The molecule has 6 heteroatoms. The summed E-state index contributed by atoms with van der Waals surface area (Å²) in [6.45, 7) is 0.635. The van der Waals surface area contributed by atoms with Crippen molar-refractivity contribution in [1.82, 2.24) is 9.55 Å². The molecule has 2 aromatic carbocycles. The zero-order chi connectivity index (χ0) is 13.4. The number of rotatable bonds is 2. The Morgan fingerprint density at radius 1 is 1.10 bits per heavy atom. The molecule has 0 aliphatic rings. The van der Waals surface area contributed by atoms with Crippen LogP contribution in [0, 0.1) is 5.82 Å². The van der Waals surface area contributed by atoms with Crippen molar-refractivity contribution in [1.29, 1.82) is 0 Å². The first-order valence-corrected chi connectivity index (χ1v) is 6.43. The van der Waals surface area contributed by atoms with Gasteiger partial charge in [0, 0.05) is 17.6 Å². The van der Waals surface area contributed by atoms with Gasteiger partial charge in [-0.1, -0.05) is 35.3 Å². The lowest BCUT2D eigenvalue weighted by molar-refractivity contribution is 0.629. The molecule has 2 nitrogen and oxygen atoms in total. The van der Waals surface area contributed by atoms with E-state index in [0.717, 1.165) is 11.1 Å². The Labute approximate surface area is 131 Å². The van der Waals surface area contributed by atoms with E-state index in [1.54, 1.807) is 12.4 Å². The van der Waals surface area contributed by atoms with Crippen molar-refractivity contribution < 1.29 is 4.39 Å². The molecule has 0 bridgehead atoms. The van der Waals surface area contributed by atoms with Crippen molar-refractivity contribution in [3.8, 4) is 0 Å². The Bertz CT molecular complexity index is 738. The van der Waals surface area contributed by atoms with Crippen LogP contribution in [0.2, 0.25) is 10.0 Å². The Morgan fingerprint density at radius 2 is 1.80 bits per heavy atom. The van der Waals surface area contributed by atoms with Gasteiger partial charge in [0.05, 0.1) is 22.4 Å². The number of benzene rings is 2. The van der Waals surface area contributed by atoms with Gasteiger partial charge in [0.15, 0.2) is 0 Å². The monoisotopic (exact) mass is 330 g/mol. The highest BCUT2D eigenvalue weighted by atomic mass is 35.5. The van der Waals surface area contributed by atoms with Gasteiger partial charge in [0.25, 0.3) is 0 Å². The van der Waals surface area contributed by atoms with Crippen molar-refractivity contribution in [3.63, 3.8) is 0 Å². The normalized spacial score (nSPS) is 10.6. The minimum atomic E-state index is -0.453. The first kappa shape index (κ1) is 15.1. The molecule has 0 amide bonds. The molecular formula is C14H10Cl3FN2. The number of halogens is 4. The van der Waals surface area contributed by atoms with Gasteiger partial charge in [-0.05, 0) is 23.8 Å². The van der Waals surface area contributed by atoms with Gasteiger partial charge in [-0.25, -0.2) is 9.37 Å². The minimum absolute atomic E-state index is 0. The van der Waals surface area contributed by atoms with E-state index in [9.17, 15) is 4.39 Å². The van der Waals surface area contributed by atoms with Gasteiger partial charge >= 0.3 is 0 Å². The first-order chi connectivity index (χ1) is 9.13. The van der Waals surface area contributed by atoms with Crippen molar-refractivity contribution in [2.24, 2.45) is 0 Å². The summed E-state index contributed by atoms with van der Waals surface area (Å²) in [6.07, 6.45) is 1.68. The van der Waals surface area contributed by atoms with Crippen molar-refractivity contribution >= 4 is 46.6 Å². The topological polar surface area (TPSA) is 17.8 Å². The summed E-state index contributed by atoms with van der Waals surface area (Å²) in [4.78, 5) is 4.17. The second-order valence-electron chi connectivity index (χ2n) is 4.25. The fourth-order valence-corrected chi connectivity index (χ4v) is 2.25. The van der Waals surface area contributed by atoms with Gasteiger partial charge in [-0.2, -0.15) is 0 Å². The molecule has 0 aliphatic carbocycles. The van der Waals surface area contributed by atoms with E-state index in [1.165, 1.54) is 6.07 Å². The Hall–Kier alpha value is -1.29. The molecule has 0 atom stereocenters. The van der Waals surface area contributed by atoms with Crippen LogP contribution >= 0.6 is 35.6 Å². The van der Waals surface area contributed by atoms with Crippen LogP contribution < -0.4 is 0 Å². The van der Waals surface area contributed by atoms with E-state index in [-0.39, 0.29) is 17.4 Å². The maximum Gasteiger partial charge on any atom is 0.144 e. The largest absolute Gasteiger partial charge is 0.326 e. The second kappa shape index (κ2) is 6.00. The van der Waals surface area contributed by atoms with Crippen LogP contribution in [-0.4, -0.2) is 9.55 Å². The molecule has 0 aliphatic heterocycles. The van der Waals surface area contributed by atoms with Crippen molar-refractivity contribution in [3.05, 3.63) is 64.2 Å². The zero-order valence-electron chi connectivity index (χ0n) is 10.2. The highest BCUT2D eigenvalue weighted by Crippen LogP contribution is 2.23. The molecule has 3 rings (SSSR count). The predicted molar refractivity (Wildman–Crippen MR) is 82.5 cm³/mol. The number of imidazole rings is 1. The van der Waals surface area contributed by atoms with E-state index in [4.69, 9.17) is 23.2 Å². The average molecular weight is 332 g/mol. The molecule has 0 unspecified atom stereocenters. The van der Waals surface area contributed by atoms with Crippen LogP contribution in [0.1, 0.15) is 5.56 Å². The van der Waals surface area contributed by atoms with Crippen LogP contribution in [0.25, 0.3) is 11.0 Å². The minimum Gasteiger partial charge on any atom is -0.326 e. The lowest BCUT2D eigenvalue weighted by Crippen LogP contribution is -1.97. The highest BCUT2D eigenvalue weighted by Gasteiger charge is 2.08. The molecule has 104 valence electrons. The Kier molecular flexibility index (Phi) is 4.53. The third kappa shape index (κ3) is 2.90. The third-order valence-corrected chi connectivity index (χ3v) is 3.47. The molecular weight excluding hydrogens is 322 g/mol. The zero-order valence-corrected chi connectivity index (χ0v) is 12.5. The number of hydrogen-bond acceptors (Lipinski definition) is 1. The first-order valence-electron chi connectivity index (χ1n) is 5.68. The fourth-order valence-electron chi connectivity index (χ4n) is 1.97. The van der Waals surface area contributed by atoms with Gasteiger partial charge in [0.2, 0.25) is 0 Å². The number of fused-ring (bicyclic) bond motifs is 1. The molecule has 20 heavy (non-hydrogen) atoms. The third-order valence-electron chi connectivity index (χ3n) is 2.93. The summed E-state index contributed by atoms with van der Waals surface area (Å²) in [6, 6.07) is 10.5. The van der Waals surface area contributed by atoms with E-state index < -0.39 is 5.82 Å². The van der Waals surface area contributed by atoms with E-state index in [1.807, 2.05) is 28.8 Å². The van der Waals surface area contributed by atoms with E-state index in [2.05, 4.69) is 4.98 Å². The molecule has 1 aromatic heterocycles. The lowest BCUT2D eigenvalue weighted by Gasteiger charge is -2.05. The molecule has 0 N–H and O–H groups in total. The quantitative estimate of drug-likeness (QED) is 0.649. The summed E-state index contributed by atoms with van der Waals surface area (Å²) in [5.41, 5.74) is 2.49. The molecule has 0 fully saturated rings. The maximum atomic E-state index is 13.3.